The molecule has 1 aromatic carbocycles. The predicted molar refractivity (Wildman–Crippen MR) is 80.8 cm³/mol. The summed E-state index contributed by atoms with van der Waals surface area (Å²) in [5, 5.41) is 3.51. The lowest BCUT2D eigenvalue weighted by molar-refractivity contribution is 0.234. The Hall–Kier alpha value is -1.02. The van der Waals surface area contributed by atoms with Crippen molar-refractivity contribution < 1.29 is 4.74 Å². The van der Waals surface area contributed by atoms with Gasteiger partial charge in [-0.25, -0.2) is 0 Å². The minimum absolute atomic E-state index is 0.382. The zero-order valence-electron chi connectivity index (χ0n) is 12.5. The molecule has 1 fully saturated rings. The van der Waals surface area contributed by atoms with E-state index in [-0.39, 0.29) is 0 Å². The van der Waals surface area contributed by atoms with Crippen molar-refractivity contribution in [3.63, 3.8) is 0 Å². The highest BCUT2D eigenvalue weighted by molar-refractivity contribution is 5.34. The van der Waals surface area contributed by atoms with E-state index in [1.54, 1.807) is 0 Å². The molecule has 0 amide bonds. The lowest BCUT2D eigenvalue weighted by Crippen LogP contribution is -2.43. The molecule has 0 bridgehead atoms. The summed E-state index contributed by atoms with van der Waals surface area (Å²) < 4.78 is 5.75. The molecule has 1 aliphatic carbocycles. The number of hydrogen-bond acceptors (Lipinski definition) is 2. The summed E-state index contributed by atoms with van der Waals surface area (Å²) in [4.78, 5) is 0. The first kappa shape index (κ1) is 14.4. The van der Waals surface area contributed by atoms with E-state index in [1.165, 1.54) is 24.8 Å². The molecule has 2 rings (SSSR count). The first-order chi connectivity index (χ1) is 9.16. The van der Waals surface area contributed by atoms with E-state index < -0.39 is 0 Å². The van der Waals surface area contributed by atoms with Gasteiger partial charge in [0, 0.05) is 12.0 Å². The van der Waals surface area contributed by atoms with Crippen molar-refractivity contribution in [1.29, 1.82) is 0 Å². The Morgan fingerprint density at radius 2 is 1.89 bits per heavy atom. The highest BCUT2D eigenvalue weighted by atomic mass is 16.5. The van der Waals surface area contributed by atoms with Crippen LogP contribution in [0.25, 0.3) is 0 Å². The van der Waals surface area contributed by atoms with Gasteiger partial charge in [-0.15, -0.1) is 0 Å². The van der Waals surface area contributed by atoms with Crippen LogP contribution < -0.4 is 10.1 Å². The van der Waals surface area contributed by atoms with E-state index in [2.05, 4.69) is 50.4 Å². The Morgan fingerprint density at radius 3 is 2.37 bits per heavy atom. The summed E-state index contributed by atoms with van der Waals surface area (Å²) in [6.07, 6.45) is 3.98. The Bertz CT molecular complexity index is 379. The fourth-order valence-corrected chi connectivity index (χ4v) is 2.70. The van der Waals surface area contributed by atoms with Crippen LogP contribution in [-0.2, 0) is 5.41 Å². The van der Waals surface area contributed by atoms with Crippen molar-refractivity contribution in [3.8, 4) is 5.75 Å². The zero-order valence-corrected chi connectivity index (χ0v) is 12.5. The number of hydrogen-bond donors (Lipinski definition) is 1. The highest BCUT2D eigenvalue weighted by Crippen LogP contribution is 2.43. The molecular formula is C17H27NO. The minimum atomic E-state index is 0.382. The molecule has 0 saturated heterocycles. The normalized spacial score (nSPS) is 17.3. The molecule has 0 unspecified atom stereocenters. The summed E-state index contributed by atoms with van der Waals surface area (Å²) in [7, 11) is 0. The van der Waals surface area contributed by atoms with Crippen molar-refractivity contribution in [1.82, 2.24) is 5.32 Å². The lowest BCUT2D eigenvalue weighted by Gasteiger charge is -2.42. The summed E-state index contributed by atoms with van der Waals surface area (Å²) >= 11 is 0. The third-order valence-corrected chi connectivity index (χ3v) is 4.07. The smallest absolute Gasteiger partial charge is 0.119 e. The molecule has 1 aromatic rings. The monoisotopic (exact) mass is 261 g/mol. The van der Waals surface area contributed by atoms with Crippen molar-refractivity contribution in [2.24, 2.45) is 5.92 Å². The first-order valence-corrected chi connectivity index (χ1v) is 7.60. The van der Waals surface area contributed by atoms with E-state index >= 15 is 0 Å². The Morgan fingerprint density at radius 1 is 1.21 bits per heavy atom. The second kappa shape index (κ2) is 6.42. The Balaban J connectivity index is 2.00. The van der Waals surface area contributed by atoms with Crippen LogP contribution in [0.3, 0.4) is 0 Å². The first-order valence-electron chi connectivity index (χ1n) is 7.60. The van der Waals surface area contributed by atoms with Gasteiger partial charge in [0.05, 0.1) is 6.61 Å². The summed E-state index contributed by atoms with van der Waals surface area (Å²) in [5.74, 6) is 1.57. The molecule has 2 nitrogen and oxygen atoms in total. The van der Waals surface area contributed by atoms with Crippen LogP contribution in [0.1, 0.15) is 45.6 Å². The van der Waals surface area contributed by atoms with Gasteiger partial charge in [-0.1, -0.05) is 39.3 Å². The summed E-state index contributed by atoms with van der Waals surface area (Å²) in [6.45, 7) is 9.48. The van der Waals surface area contributed by atoms with E-state index in [1.807, 2.05) is 0 Å². The molecular weight excluding hydrogens is 234 g/mol. The van der Waals surface area contributed by atoms with Crippen LogP contribution in [0.15, 0.2) is 24.3 Å². The van der Waals surface area contributed by atoms with Crippen LogP contribution in [0.2, 0.25) is 0 Å². The molecule has 1 N–H and O–H groups in total. The summed E-state index contributed by atoms with van der Waals surface area (Å²) in [6, 6.07) is 8.77. The largest absolute Gasteiger partial charge is 0.493 e. The zero-order chi connectivity index (χ0) is 13.7. The quantitative estimate of drug-likeness (QED) is 0.807. The van der Waals surface area contributed by atoms with Crippen LogP contribution >= 0.6 is 0 Å². The second-order valence-electron chi connectivity index (χ2n) is 6.14. The van der Waals surface area contributed by atoms with Crippen LogP contribution in [0, 0.1) is 5.92 Å². The third kappa shape index (κ3) is 3.50. The molecule has 19 heavy (non-hydrogen) atoms. The number of benzene rings is 1. The maximum absolute atomic E-state index is 5.75. The van der Waals surface area contributed by atoms with Gasteiger partial charge in [0.2, 0.25) is 0 Å². The van der Waals surface area contributed by atoms with Gasteiger partial charge in [0.25, 0.3) is 0 Å². The fourth-order valence-electron chi connectivity index (χ4n) is 2.70. The molecule has 1 aliphatic rings. The van der Waals surface area contributed by atoms with E-state index in [0.29, 0.717) is 11.3 Å². The van der Waals surface area contributed by atoms with Crippen molar-refractivity contribution in [2.75, 3.05) is 19.7 Å². The predicted octanol–water partition coefficient (Wildman–Crippen LogP) is 3.75. The van der Waals surface area contributed by atoms with Gasteiger partial charge in [-0.2, -0.15) is 0 Å². The van der Waals surface area contributed by atoms with Gasteiger partial charge >= 0.3 is 0 Å². The van der Waals surface area contributed by atoms with Crippen molar-refractivity contribution in [2.45, 2.75) is 45.4 Å². The Labute approximate surface area is 117 Å². The average molecular weight is 261 g/mol. The number of nitrogens with one attached hydrogen (secondary N) is 1. The van der Waals surface area contributed by atoms with Gasteiger partial charge in [-0.05, 0) is 43.0 Å². The molecule has 0 atom stereocenters. The fraction of sp³-hybridized carbons (Fsp3) is 0.647. The van der Waals surface area contributed by atoms with Gasteiger partial charge in [0.15, 0.2) is 0 Å². The molecule has 1 saturated carbocycles. The number of ether oxygens (including phenoxy) is 1. The van der Waals surface area contributed by atoms with Gasteiger partial charge in [-0.3, -0.25) is 0 Å². The average Bonchev–Trinajstić information content (AvgIpc) is 2.36. The summed E-state index contributed by atoms with van der Waals surface area (Å²) in [5.41, 5.74) is 1.85. The molecule has 0 radical (unpaired) electrons. The topological polar surface area (TPSA) is 21.3 Å². The minimum Gasteiger partial charge on any atom is -0.493 e. The van der Waals surface area contributed by atoms with Crippen molar-refractivity contribution >= 4 is 0 Å². The number of rotatable bonds is 7. The Kier molecular flexibility index (Phi) is 4.87. The van der Waals surface area contributed by atoms with Crippen LogP contribution in [0.4, 0.5) is 0 Å². The lowest BCUT2D eigenvalue weighted by atomic mass is 9.64. The third-order valence-electron chi connectivity index (χ3n) is 4.07. The number of likely N-dealkylation sites (N-methyl/N-ethyl adjacent to an activating group) is 1. The molecule has 106 valence electrons. The molecule has 0 spiro atoms. The molecule has 2 heteroatoms. The highest BCUT2D eigenvalue weighted by Gasteiger charge is 2.37. The van der Waals surface area contributed by atoms with E-state index in [4.69, 9.17) is 4.74 Å². The van der Waals surface area contributed by atoms with Crippen molar-refractivity contribution in [3.05, 3.63) is 29.8 Å². The second-order valence-corrected chi connectivity index (χ2v) is 6.14. The van der Waals surface area contributed by atoms with Gasteiger partial charge in [0.1, 0.15) is 5.75 Å². The van der Waals surface area contributed by atoms with Crippen LogP contribution in [0.5, 0.6) is 5.75 Å². The van der Waals surface area contributed by atoms with Gasteiger partial charge < -0.3 is 10.1 Å². The standard InChI is InChI=1S/C17H27NO/c1-4-18-13-17(10-5-11-17)15-6-8-16(9-7-15)19-12-14(2)3/h6-9,14,18H,4-5,10-13H2,1-3H3. The molecule has 0 aromatic heterocycles. The SMILES string of the molecule is CCNCC1(c2ccc(OCC(C)C)cc2)CCC1. The maximum atomic E-state index is 5.75. The van der Waals surface area contributed by atoms with E-state index in [0.717, 1.165) is 25.4 Å². The molecule has 0 heterocycles. The van der Waals surface area contributed by atoms with Crippen LogP contribution in [-0.4, -0.2) is 19.7 Å². The molecule has 0 aliphatic heterocycles. The maximum Gasteiger partial charge on any atom is 0.119 e. The van der Waals surface area contributed by atoms with E-state index in [9.17, 15) is 0 Å².